The van der Waals surface area contributed by atoms with Gasteiger partial charge in [0.15, 0.2) is 12.0 Å². The molecule has 0 bridgehead atoms. The molecule has 2 aromatic rings. The molecular weight excluding hydrogens is 289 g/mol. The summed E-state index contributed by atoms with van der Waals surface area (Å²) in [4.78, 5) is 17.1. The molecule has 116 valence electrons. The average Bonchev–Trinajstić information content (AvgIpc) is 3.04. The van der Waals surface area contributed by atoms with Crippen LogP contribution in [0, 0.1) is 5.82 Å². The van der Waals surface area contributed by atoms with E-state index in [4.69, 9.17) is 9.57 Å². The molecule has 2 heterocycles. The number of rotatable bonds is 4. The molecule has 0 aliphatic carbocycles. The number of carbonyl (C=O) groups is 1. The van der Waals surface area contributed by atoms with E-state index in [0.717, 1.165) is 19.3 Å². The highest BCUT2D eigenvalue weighted by molar-refractivity contribution is 5.91. The number of amides is 1. The topological polar surface area (TPSA) is 65.4 Å². The first-order chi connectivity index (χ1) is 10.7. The lowest BCUT2D eigenvalue weighted by molar-refractivity contribution is -0.186. The van der Waals surface area contributed by atoms with Gasteiger partial charge in [-0.1, -0.05) is 12.1 Å². The second-order valence-corrected chi connectivity index (χ2v) is 4.94. The summed E-state index contributed by atoms with van der Waals surface area (Å²) in [5.74, 6) is -0.909. The molecule has 22 heavy (non-hydrogen) atoms. The fraction of sp³-hybridized carbons (Fsp3) is 0.333. The predicted octanol–water partition coefficient (Wildman–Crippen LogP) is 2.20. The van der Waals surface area contributed by atoms with Crippen LogP contribution in [0.3, 0.4) is 0 Å². The third kappa shape index (κ3) is 3.32. The molecule has 1 aliphatic rings. The van der Waals surface area contributed by atoms with Crippen LogP contribution in [0.2, 0.25) is 0 Å². The molecule has 7 heteroatoms. The summed E-state index contributed by atoms with van der Waals surface area (Å²) in [6.07, 6.45) is 3.84. The minimum Gasteiger partial charge on any atom is -0.350 e. The standard InChI is InChI=1S/C15H16FN3O3/c16-11-5-1-2-6-13(11)19-9-8-12(17-19)15(20)18-22-14-7-3-4-10-21-14/h1-2,5-6,8-9,14H,3-4,7,10H2,(H,18,20)/t14-/m1/s1. The minimum atomic E-state index is -0.496. The van der Waals surface area contributed by atoms with E-state index in [0.29, 0.717) is 6.61 Å². The van der Waals surface area contributed by atoms with Crippen molar-refractivity contribution in [3.63, 3.8) is 0 Å². The molecule has 0 saturated carbocycles. The van der Waals surface area contributed by atoms with Crippen molar-refractivity contribution < 1.29 is 18.8 Å². The average molecular weight is 305 g/mol. The number of ether oxygens (including phenoxy) is 1. The van der Waals surface area contributed by atoms with Crippen molar-refractivity contribution in [2.75, 3.05) is 6.61 Å². The Labute approximate surface area is 126 Å². The highest BCUT2D eigenvalue weighted by atomic mass is 19.1. The third-order valence-corrected chi connectivity index (χ3v) is 3.34. The van der Waals surface area contributed by atoms with Crippen LogP contribution >= 0.6 is 0 Å². The summed E-state index contributed by atoms with van der Waals surface area (Å²) >= 11 is 0. The molecule has 1 amide bonds. The second-order valence-electron chi connectivity index (χ2n) is 4.94. The molecule has 3 rings (SSSR count). The molecule has 0 spiro atoms. The second kappa shape index (κ2) is 6.67. The Morgan fingerprint density at radius 2 is 2.23 bits per heavy atom. The molecule has 1 aliphatic heterocycles. The van der Waals surface area contributed by atoms with Crippen molar-refractivity contribution in [2.45, 2.75) is 25.6 Å². The zero-order chi connectivity index (χ0) is 15.4. The van der Waals surface area contributed by atoms with Crippen molar-refractivity contribution >= 4 is 5.91 Å². The van der Waals surface area contributed by atoms with Gasteiger partial charge < -0.3 is 4.74 Å². The van der Waals surface area contributed by atoms with Crippen LogP contribution < -0.4 is 5.48 Å². The van der Waals surface area contributed by atoms with E-state index in [9.17, 15) is 9.18 Å². The van der Waals surface area contributed by atoms with Gasteiger partial charge in [-0.2, -0.15) is 5.10 Å². The molecule has 1 N–H and O–H groups in total. The normalized spacial score (nSPS) is 18.1. The summed E-state index contributed by atoms with van der Waals surface area (Å²) in [6.45, 7) is 0.627. The van der Waals surface area contributed by atoms with E-state index in [1.165, 1.54) is 23.0 Å². The lowest BCUT2D eigenvalue weighted by Crippen LogP contribution is -2.33. The number of nitrogens with zero attached hydrogens (tertiary/aromatic N) is 2. The van der Waals surface area contributed by atoms with Crippen LogP contribution in [-0.2, 0) is 9.57 Å². The summed E-state index contributed by atoms with van der Waals surface area (Å²) < 4.78 is 20.3. The van der Waals surface area contributed by atoms with Gasteiger partial charge in [0.2, 0.25) is 0 Å². The van der Waals surface area contributed by atoms with Gasteiger partial charge in [0, 0.05) is 19.2 Å². The quantitative estimate of drug-likeness (QED) is 0.880. The van der Waals surface area contributed by atoms with Gasteiger partial charge in [0.25, 0.3) is 5.91 Å². The number of aromatic nitrogens is 2. The SMILES string of the molecule is O=C(NO[C@@H]1CCCCO1)c1ccn(-c2ccccc2F)n1. The van der Waals surface area contributed by atoms with Gasteiger partial charge in [-0.3, -0.25) is 4.79 Å². The van der Waals surface area contributed by atoms with Crippen LogP contribution in [0.5, 0.6) is 0 Å². The van der Waals surface area contributed by atoms with Crippen LogP contribution in [0.1, 0.15) is 29.8 Å². The number of halogens is 1. The van der Waals surface area contributed by atoms with E-state index in [-0.39, 0.29) is 11.4 Å². The van der Waals surface area contributed by atoms with Gasteiger partial charge in [-0.05, 0) is 31.0 Å². The highest BCUT2D eigenvalue weighted by Gasteiger charge is 2.17. The number of nitrogens with one attached hydrogen (secondary N) is 1. The van der Waals surface area contributed by atoms with E-state index >= 15 is 0 Å². The first-order valence-electron chi connectivity index (χ1n) is 7.12. The number of benzene rings is 1. The molecule has 1 saturated heterocycles. The van der Waals surface area contributed by atoms with Gasteiger partial charge in [-0.25, -0.2) is 19.4 Å². The van der Waals surface area contributed by atoms with Crippen LogP contribution in [0.25, 0.3) is 5.69 Å². The zero-order valence-corrected chi connectivity index (χ0v) is 11.9. The fourth-order valence-corrected chi connectivity index (χ4v) is 2.19. The maximum absolute atomic E-state index is 13.7. The maximum Gasteiger partial charge on any atom is 0.295 e. The summed E-state index contributed by atoms with van der Waals surface area (Å²) in [7, 11) is 0. The predicted molar refractivity (Wildman–Crippen MR) is 75.7 cm³/mol. The Kier molecular flexibility index (Phi) is 4.45. The molecule has 0 radical (unpaired) electrons. The van der Waals surface area contributed by atoms with E-state index in [2.05, 4.69) is 10.6 Å². The van der Waals surface area contributed by atoms with Crippen LogP contribution in [0.15, 0.2) is 36.5 Å². The Hall–Kier alpha value is -2.25. The Bertz CT molecular complexity index is 653. The van der Waals surface area contributed by atoms with E-state index < -0.39 is 18.0 Å². The van der Waals surface area contributed by atoms with E-state index in [1.54, 1.807) is 18.2 Å². The maximum atomic E-state index is 13.7. The number of carbonyl (C=O) groups excluding carboxylic acids is 1. The monoisotopic (exact) mass is 305 g/mol. The molecule has 1 fully saturated rings. The van der Waals surface area contributed by atoms with Crippen molar-refractivity contribution in [1.82, 2.24) is 15.3 Å². The first-order valence-corrected chi connectivity index (χ1v) is 7.12. The lowest BCUT2D eigenvalue weighted by atomic mass is 10.2. The highest BCUT2D eigenvalue weighted by Crippen LogP contribution is 2.14. The smallest absolute Gasteiger partial charge is 0.295 e. The first kappa shape index (κ1) is 14.7. The summed E-state index contributed by atoms with van der Waals surface area (Å²) in [5.41, 5.74) is 2.73. The van der Waals surface area contributed by atoms with Crippen LogP contribution in [0.4, 0.5) is 4.39 Å². The lowest BCUT2D eigenvalue weighted by Gasteiger charge is -2.21. The Morgan fingerprint density at radius 3 is 3.00 bits per heavy atom. The number of hydroxylamine groups is 1. The summed E-state index contributed by atoms with van der Waals surface area (Å²) in [6, 6.07) is 7.70. The molecule has 1 aromatic carbocycles. The molecule has 1 atom stereocenters. The molecular formula is C15H16FN3O3. The van der Waals surface area contributed by atoms with E-state index in [1.807, 2.05) is 0 Å². The van der Waals surface area contributed by atoms with Crippen molar-refractivity contribution in [3.8, 4) is 5.69 Å². The largest absolute Gasteiger partial charge is 0.350 e. The number of para-hydroxylation sites is 1. The Morgan fingerprint density at radius 1 is 1.36 bits per heavy atom. The van der Waals surface area contributed by atoms with Crippen molar-refractivity contribution in [2.24, 2.45) is 0 Å². The molecule has 0 unspecified atom stereocenters. The van der Waals surface area contributed by atoms with Crippen LogP contribution in [-0.4, -0.2) is 28.6 Å². The van der Waals surface area contributed by atoms with Gasteiger partial charge in [0.1, 0.15) is 11.5 Å². The third-order valence-electron chi connectivity index (χ3n) is 3.34. The van der Waals surface area contributed by atoms with Crippen molar-refractivity contribution in [3.05, 3.63) is 48.0 Å². The van der Waals surface area contributed by atoms with Gasteiger partial charge >= 0.3 is 0 Å². The van der Waals surface area contributed by atoms with Gasteiger partial charge in [0.05, 0.1) is 0 Å². The minimum absolute atomic E-state index is 0.138. The van der Waals surface area contributed by atoms with Gasteiger partial charge in [-0.15, -0.1) is 0 Å². The molecule has 6 nitrogen and oxygen atoms in total. The number of hydrogen-bond donors (Lipinski definition) is 1. The number of hydrogen-bond acceptors (Lipinski definition) is 4. The zero-order valence-electron chi connectivity index (χ0n) is 11.9. The Balaban J connectivity index is 1.63. The fourth-order valence-electron chi connectivity index (χ4n) is 2.19. The van der Waals surface area contributed by atoms with Crippen molar-refractivity contribution in [1.29, 1.82) is 0 Å². The molecule has 1 aromatic heterocycles. The summed E-state index contributed by atoms with van der Waals surface area (Å²) in [5, 5.41) is 4.05.